The van der Waals surface area contributed by atoms with Crippen LogP contribution in [0.2, 0.25) is 0 Å². The quantitative estimate of drug-likeness (QED) is 0.834. The molecule has 6 heteroatoms. The highest BCUT2D eigenvalue weighted by Gasteiger charge is 2.48. The summed E-state index contributed by atoms with van der Waals surface area (Å²) >= 11 is 0. The lowest BCUT2D eigenvalue weighted by atomic mass is 10.1. The number of rotatable bonds is 6. The van der Waals surface area contributed by atoms with Crippen LogP contribution in [0.5, 0.6) is 0 Å². The van der Waals surface area contributed by atoms with Gasteiger partial charge in [-0.3, -0.25) is 14.4 Å². The van der Waals surface area contributed by atoms with E-state index in [-0.39, 0.29) is 11.8 Å². The summed E-state index contributed by atoms with van der Waals surface area (Å²) in [6, 6.07) is 7.39. The molecule has 24 heavy (non-hydrogen) atoms. The normalized spacial score (nSPS) is 22.2. The van der Waals surface area contributed by atoms with E-state index in [1.165, 1.54) is 0 Å². The first-order valence-electron chi connectivity index (χ1n) is 8.45. The van der Waals surface area contributed by atoms with Gasteiger partial charge in [0.25, 0.3) is 0 Å². The monoisotopic (exact) mass is 330 g/mol. The Morgan fingerprint density at radius 3 is 2.33 bits per heavy atom. The Labute approximate surface area is 140 Å². The van der Waals surface area contributed by atoms with Crippen LogP contribution in [-0.4, -0.2) is 40.9 Å². The summed E-state index contributed by atoms with van der Waals surface area (Å²) in [5, 5.41) is 11.6. The van der Waals surface area contributed by atoms with E-state index >= 15 is 0 Å². The van der Waals surface area contributed by atoms with Crippen LogP contribution < -0.4 is 5.32 Å². The van der Waals surface area contributed by atoms with Crippen molar-refractivity contribution < 1.29 is 19.5 Å². The number of carbonyl (C=O) groups excluding carboxylic acids is 2. The van der Waals surface area contributed by atoms with Gasteiger partial charge in [0.1, 0.15) is 0 Å². The Morgan fingerprint density at radius 2 is 1.75 bits per heavy atom. The standard InChI is InChI=1S/C18H22N2O4/c21-16(20-9-1-2-10-20)8-5-12-3-6-13(7-4-12)19-17(22)14-11-15(14)18(23)24/h3-4,6-7,14-15H,1-2,5,8-11H2,(H,19,22)(H,23,24). The van der Waals surface area contributed by atoms with E-state index in [2.05, 4.69) is 5.32 Å². The highest BCUT2D eigenvalue weighted by atomic mass is 16.4. The molecule has 128 valence electrons. The maximum absolute atomic E-state index is 12.0. The minimum absolute atomic E-state index is 0.207. The Hall–Kier alpha value is -2.37. The van der Waals surface area contributed by atoms with Crippen molar-refractivity contribution in [1.82, 2.24) is 4.90 Å². The Kier molecular flexibility index (Phi) is 4.83. The zero-order chi connectivity index (χ0) is 17.1. The molecular weight excluding hydrogens is 308 g/mol. The van der Waals surface area contributed by atoms with Gasteiger partial charge < -0.3 is 15.3 Å². The van der Waals surface area contributed by atoms with Crippen LogP contribution in [0.3, 0.4) is 0 Å². The summed E-state index contributed by atoms with van der Waals surface area (Å²) in [4.78, 5) is 36.6. The van der Waals surface area contributed by atoms with Crippen molar-refractivity contribution in [3.8, 4) is 0 Å². The van der Waals surface area contributed by atoms with Gasteiger partial charge in [0.15, 0.2) is 0 Å². The molecule has 1 aliphatic carbocycles. The molecule has 2 N–H and O–H groups in total. The van der Waals surface area contributed by atoms with Crippen molar-refractivity contribution in [2.45, 2.75) is 32.1 Å². The van der Waals surface area contributed by atoms with Crippen molar-refractivity contribution >= 4 is 23.5 Å². The first-order valence-corrected chi connectivity index (χ1v) is 8.45. The summed E-state index contributed by atoms with van der Waals surface area (Å²) in [6.07, 6.45) is 3.81. The predicted octanol–water partition coefficient (Wildman–Crippen LogP) is 1.90. The molecule has 0 bridgehead atoms. The summed E-state index contributed by atoms with van der Waals surface area (Å²) in [7, 11) is 0. The SMILES string of the molecule is O=C(O)C1CC1C(=O)Nc1ccc(CCC(=O)N2CCCC2)cc1. The van der Waals surface area contributed by atoms with Crippen molar-refractivity contribution in [1.29, 1.82) is 0 Å². The zero-order valence-corrected chi connectivity index (χ0v) is 13.5. The third-order valence-electron chi connectivity index (χ3n) is 4.75. The molecule has 2 aliphatic rings. The van der Waals surface area contributed by atoms with Crippen molar-refractivity contribution in [3.63, 3.8) is 0 Å². The number of aryl methyl sites for hydroxylation is 1. The lowest BCUT2D eigenvalue weighted by Crippen LogP contribution is -2.27. The van der Waals surface area contributed by atoms with Gasteiger partial charge >= 0.3 is 5.97 Å². The lowest BCUT2D eigenvalue weighted by molar-refractivity contribution is -0.139. The molecule has 1 heterocycles. The maximum Gasteiger partial charge on any atom is 0.307 e. The van der Waals surface area contributed by atoms with E-state index in [0.29, 0.717) is 24.9 Å². The molecular formula is C18H22N2O4. The van der Waals surface area contributed by atoms with E-state index in [1.54, 1.807) is 12.1 Å². The molecule has 1 saturated carbocycles. The van der Waals surface area contributed by atoms with E-state index in [1.807, 2.05) is 17.0 Å². The lowest BCUT2D eigenvalue weighted by Gasteiger charge is -2.15. The minimum atomic E-state index is -0.909. The molecule has 0 spiro atoms. The van der Waals surface area contributed by atoms with Crippen LogP contribution in [0.4, 0.5) is 5.69 Å². The van der Waals surface area contributed by atoms with E-state index in [0.717, 1.165) is 31.5 Å². The summed E-state index contributed by atoms with van der Waals surface area (Å²) in [5.74, 6) is -1.90. The van der Waals surface area contributed by atoms with Gasteiger partial charge in [0.05, 0.1) is 11.8 Å². The van der Waals surface area contributed by atoms with Crippen LogP contribution in [0.25, 0.3) is 0 Å². The molecule has 2 fully saturated rings. The van der Waals surface area contributed by atoms with Gasteiger partial charge in [-0.25, -0.2) is 0 Å². The van der Waals surface area contributed by atoms with Gasteiger partial charge in [-0.2, -0.15) is 0 Å². The molecule has 0 aromatic heterocycles. The topological polar surface area (TPSA) is 86.7 Å². The number of carboxylic acids is 1. The number of carboxylic acid groups (broad SMARTS) is 1. The number of nitrogens with one attached hydrogen (secondary N) is 1. The van der Waals surface area contributed by atoms with Gasteiger partial charge in [0, 0.05) is 25.2 Å². The average molecular weight is 330 g/mol. The molecule has 0 radical (unpaired) electrons. The first kappa shape index (κ1) is 16.5. The average Bonchev–Trinajstić information content (AvgIpc) is 3.20. The summed E-state index contributed by atoms with van der Waals surface area (Å²) in [6.45, 7) is 1.75. The molecule has 2 unspecified atom stereocenters. The maximum atomic E-state index is 12.0. The van der Waals surface area contributed by atoms with E-state index in [9.17, 15) is 14.4 Å². The van der Waals surface area contributed by atoms with Gasteiger partial charge in [-0.05, 0) is 43.4 Å². The largest absolute Gasteiger partial charge is 0.481 e. The number of carbonyl (C=O) groups is 3. The van der Waals surface area contributed by atoms with Crippen LogP contribution in [0, 0.1) is 11.8 Å². The van der Waals surface area contributed by atoms with E-state index in [4.69, 9.17) is 5.11 Å². The Bertz CT molecular complexity index is 635. The summed E-state index contributed by atoms with van der Waals surface area (Å²) < 4.78 is 0. The predicted molar refractivity (Wildman–Crippen MR) is 88.4 cm³/mol. The van der Waals surface area contributed by atoms with Gasteiger partial charge in [0.2, 0.25) is 11.8 Å². The second kappa shape index (κ2) is 7.03. The number of nitrogens with zero attached hydrogens (tertiary/aromatic N) is 1. The number of anilines is 1. The second-order valence-corrected chi connectivity index (χ2v) is 6.56. The molecule has 1 aromatic rings. The molecule has 1 saturated heterocycles. The zero-order valence-electron chi connectivity index (χ0n) is 13.5. The minimum Gasteiger partial charge on any atom is -0.481 e. The highest BCUT2D eigenvalue weighted by Crippen LogP contribution is 2.39. The third-order valence-corrected chi connectivity index (χ3v) is 4.75. The molecule has 3 rings (SSSR count). The van der Waals surface area contributed by atoms with Crippen molar-refractivity contribution in [3.05, 3.63) is 29.8 Å². The number of amides is 2. The number of likely N-dealkylation sites (tertiary alicyclic amines) is 1. The Balaban J connectivity index is 1.46. The number of benzene rings is 1. The number of hydrogen-bond acceptors (Lipinski definition) is 3. The van der Waals surface area contributed by atoms with Gasteiger partial charge in [-0.15, -0.1) is 0 Å². The molecule has 6 nitrogen and oxygen atoms in total. The first-order chi connectivity index (χ1) is 11.5. The van der Waals surface area contributed by atoms with Crippen molar-refractivity contribution in [2.75, 3.05) is 18.4 Å². The highest BCUT2D eigenvalue weighted by molar-refractivity contribution is 5.98. The number of aliphatic carboxylic acids is 1. The third kappa shape index (κ3) is 3.93. The molecule has 2 amide bonds. The fraction of sp³-hybridized carbons (Fsp3) is 0.500. The summed E-state index contributed by atoms with van der Waals surface area (Å²) in [5.41, 5.74) is 1.71. The van der Waals surface area contributed by atoms with Crippen LogP contribution in [0.15, 0.2) is 24.3 Å². The fourth-order valence-electron chi connectivity index (χ4n) is 3.12. The number of hydrogen-bond donors (Lipinski definition) is 2. The molecule has 1 aromatic carbocycles. The van der Waals surface area contributed by atoms with Crippen molar-refractivity contribution in [2.24, 2.45) is 11.8 Å². The van der Waals surface area contributed by atoms with E-state index < -0.39 is 17.8 Å². The van der Waals surface area contributed by atoms with Crippen LogP contribution in [-0.2, 0) is 20.8 Å². The van der Waals surface area contributed by atoms with Crippen LogP contribution in [0.1, 0.15) is 31.2 Å². The Morgan fingerprint density at radius 1 is 1.08 bits per heavy atom. The second-order valence-electron chi connectivity index (χ2n) is 6.56. The smallest absolute Gasteiger partial charge is 0.307 e. The molecule has 1 aliphatic heterocycles. The fourth-order valence-corrected chi connectivity index (χ4v) is 3.12. The van der Waals surface area contributed by atoms with Gasteiger partial charge in [-0.1, -0.05) is 12.1 Å². The van der Waals surface area contributed by atoms with Crippen LogP contribution >= 0.6 is 0 Å². The molecule has 2 atom stereocenters.